The molecule has 0 aliphatic carbocycles. The maximum atomic E-state index is 14.8. The van der Waals surface area contributed by atoms with Crippen LogP contribution in [0, 0.1) is 23.7 Å². The maximum Gasteiger partial charge on any atom is 0.246 e. The molecule has 3 fully saturated rings. The van der Waals surface area contributed by atoms with Crippen molar-refractivity contribution in [3.8, 4) is 0 Å². The molecule has 18 nitrogen and oxygen atoms in total. The molecule has 75 heavy (non-hydrogen) atoms. The number of hydrogen-bond acceptors (Lipinski definition) is 10. The number of nitrogens with one attached hydrogen (secondary N) is 7. The van der Waals surface area contributed by atoms with E-state index >= 15 is 0 Å². The number of hydrogen-bond donors (Lipinski definition) is 7. The number of benzene rings is 2. The molecule has 0 saturated carbocycles. The van der Waals surface area contributed by atoms with Gasteiger partial charge in [0.1, 0.15) is 54.4 Å². The van der Waals surface area contributed by atoms with Gasteiger partial charge in [-0.05, 0) is 85.3 Å². The second-order valence-electron chi connectivity index (χ2n) is 21.4. The second-order valence-corrected chi connectivity index (χ2v) is 22.4. The van der Waals surface area contributed by atoms with E-state index in [2.05, 4.69) is 37.2 Å². The molecule has 2 aromatic carbocycles. The fourth-order valence-electron chi connectivity index (χ4n) is 10.0. The van der Waals surface area contributed by atoms with E-state index in [0.717, 1.165) is 5.56 Å². The van der Waals surface area contributed by atoms with Crippen LogP contribution in [-0.4, -0.2) is 142 Å². The summed E-state index contributed by atoms with van der Waals surface area (Å²) < 4.78 is 0. The molecule has 3 aliphatic rings. The Kier molecular flexibility index (Phi) is 23.0. The third-order valence-corrected chi connectivity index (χ3v) is 15.5. The van der Waals surface area contributed by atoms with Crippen LogP contribution in [0.2, 0.25) is 0 Å². The van der Waals surface area contributed by atoms with Gasteiger partial charge < -0.3 is 47.0 Å². The van der Waals surface area contributed by atoms with Gasteiger partial charge in [0.05, 0.1) is 0 Å². The van der Waals surface area contributed by atoms with E-state index in [0.29, 0.717) is 49.8 Å². The standard InChI is InChI=1S/C56H83N9O9S/c1-10-35(7)46-54(72)57-39(26-29-75-9)48(66)58-40(30-33(3)4)50(68)63-47(36(8)11-2)56(74)65-28-19-25-44(65)55(73)64-27-18-24-43(64)52(70)60-41(31-37-20-14-12-15-21-37)49(67)59-42(32-38-22-16-13-17-23-38)51(69)61-45(34(5)6)53(71)62-46/h12-17,20-23,33-36,39-47H,10-11,18-19,24-32H2,1-9H3,(H,57,72)(H,58,66)(H,59,67)(H,60,70)(H,61,69)(H,62,71)(H,63,68)/t35-,36-,39-,40+,41+,42+,43-,44+,45+,46-,47+/m0/s1. The Morgan fingerprint density at radius 3 is 1.45 bits per heavy atom. The van der Waals surface area contributed by atoms with E-state index in [1.54, 1.807) is 32.9 Å². The monoisotopic (exact) mass is 1060 g/mol. The van der Waals surface area contributed by atoms with Crippen molar-refractivity contribution in [1.29, 1.82) is 0 Å². The molecule has 0 radical (unpaired) electrons. The number of fused-ring (bicyclic) bond motifs is 2. The first-order valence-electron chi connectivity index (χ1n) is 27.1. The third kappa shape index (κ3) is 16.5. The lowest BCUT2D eigenvalue weighted by molar-refractivity contribution is -0.149. The highest BCUT2D eigenvalue weighted by molar-refractivity contribution is 7.98. The van der Waals surface area contributed by atoms with Crippen molar-refractivity contribution in [2.45, 2.75) is 174 Å². The molecule has 19 heteroatoms. The Labute approximate surface area is 447 Å². The van der Waals surface area contributed by atoms with Crippen molar-refractivity contribution < 1.29 is 43.2 Å². The summed E-state index contributed by atoms with van der Waals surface area (Å²) in [5, 5.41) is 20.3. The van der Waals surface area contributed by atoms with Crippen molar-refractivity contribution in [2.75, 3.05) is 25.1 Å². The molecule has 11 atom stereocenters. The fraction of sp³-hybridized carbons (Fsp3) is 0.625. The average molecular weight is 1060 g/mol. The van der Waals surface area contributed by atoms with Crippen LogP contribution < -0.4 is 37.2 Å². The number of nitrogens with zero attached hydrogens (tertiary/aromatic N) is 2. The minimum Gasteiger partial charge on any atom is -0.343 e. The van der Waals surface area contributed by atoms with Crippen LogP contribution in [0.3, 0.4) is 0 Å². The van der Waals surface area contributed by atoms with Crippen molar-refractivity contribution in [1.82, 2.24) is 47.0 Å². The summed E-state index contributed by atoms with van der Waals surface area (Å²) in [5.74, 6) is -6.19. The van der Waals surface area contributed by atoms with Crippen molar-refractivity contribution in [3.63, 3.8) is 0 Å². The van der Waals surface area contributed by atoms with Crippen LogP contribution in [0.15, 0.2) is 60.7 Å². The quantitative estimate of drug-likeness (QED) is 0.145. The lowest BCUT2D eigenvalue weighted by Gasteiger charge is -2.35. The van der Waals surface area contributed by atoms with Crippen LogP contribution in [0.25, 0.3) is 0 Å². The van der Waals surface area contributed by atoms with E-state index < -0.39 is 119 Å². The molecule has 9 amide bonds. The molecule has 0 unspecified atom stereocenters. The Bertz CT molecular complexity index is 2290. The van der Waals surface area contributed by atoms with Crippen LogP contribution in [0.5, 0.6) is 0 Å². The molecular weight excluding hydrogens is 975 g/mol. The van der Waals surface area contributed by atoms with Crippen LogP contribution in [0.4, 0.5) is 0 Å². The summed E-state index contributed by atoms with van der Waals surface area (Å²) in [6.07, 6.45) is 4.95. The molecule has 2 aromatic rings. The highest BCUT2D eigenvalue weighted by Crippen LogP contribution is 2.27. The van der Waals surface area contributed by atoms with E-state index in [-0.39, 0.29) is 50.6 Å². The molecule has 3 heterocycles. The van der Waals surface area contributed by atoms with Gasteiger partial charge in [-0.15, -0.1) is 0 Å². The van der Waals surface area contributed by atoms with Gasteiger partial charge in [-0.1, -0.05) is 129 Å². The molecule has 412 valence electrons. The Balaban J connectivity index is 1.60. The number of carbonyl (C=O) groups is 9. The highest BCUT2D eigenvalue weighted by atomic mass is 32.2. The van der Waals surface area contributed by atoms with Gasteiger partial charge in [0.2, 0.25) is 53.2 Å². The lowest BCUT2D eigenvalue weighted by atomic mass is 9.95. The number of thioether (sulfide) groups is 1. The van der Waals surface area contributed by atoms with Crippen molar-refractivity contribution >= 4 is 64.9 Å². The normalized spacial score (nSPS) is 27.2. The molecule has 7 N–H and O–H groups in total. The zero-order chi connectivity index (χ0) is 54.9. The molecule has 0 bridgehead atoms. The first kappa shape index (κ1) is 59.9. The fourth-order valence-corrected chi connectivity index (χ4v) is 10.5. The molecule has 3 saturated heterocycles. The Hall–Kier alpha value is -5.98. The third-order valence-electron chi connectivity index (χ3n) is 14.9. The summed E-state index contributed by atoms with van der Waals surface area (Å²) in [6.45, 7) is 15.2. The van der Waals surface area contributed by atoms with E-state index in [1.165, 1.54) is 21.6 Å². The van der Waals surface area contributed by atoms with Gasteiger partial charge in [0.25, 0.3) is 0 Å². The molecule has 0 aromatic heterocycles. The maximum absolute atomic E-state index is 14.8. The predicted octanol–water partition coefficient (Wildman–Crippen LogP) is 3.41. The highest BCUT2D eigenvalue weighted by Gasteiger charge is 2.46. The second kappa shape index (κ2) is 28.8. The molecule has 0 spiro atoms. The lowest BCUT2D eigenvalue weighted by Crippen LogP contribution is -2.62. The minimum atomic E-state index is -1.24. The topological polar surface area (TPSA) is 244 Å². The van der Waals surface area contributed by atoms with Gasteiger partial charge in [-0.25, -0.2) is 0 Å². The van der Waals surface area contributed by atoms with Gasteiger partial charge in [-0.2, -0.15) is 11.8 Å². The van der Waals surface area contributed by atoms with Gasteiger partial charge in [0, 0.05) is 25.9 Å². The zero-order valence-corrected chi connectivity index (χ0v) is 46.3. The Morgan fingerprint density at radius 1 is 0.493 bits per heavy atom. The average Bonchev–Trinajstić information content (AvgIpc) is 4.10. The number of carbonyl (C=O) groups excluding carboxylic acids is 9. The van der Waals surface area contributed by atoms with Crippen molar-refractivity contribution in [2.24, 2.45) is 23.7 Å². The summed E-state index contributed by atoms with van der Waals surface area (Å²) in [4.78, 5) is 134. The smallest absolute Gasteiger partial charge is 0.246 e. The SMILES string of the molecule is CC[C@H](C)[C@@H]1NC(=O)[C@@H](C(C)C)NC(=O)[C@@H](Cc2ccccc2)NC(=O)[C@@H](Cc2ccccc2)NC(=O)[C@@H]2CCCN2C(=O)[C@H]2CCCN2C(=O)[C@@H]([C@@H](C)CC)NC(=O)[C@@H](CC(C)C)NC(=O)[C@H](CCSC)NC1=O. The summed E-state index contributed by atoms with van der Waals surface area (Å²) in [7, 11) is 0. The van der Waals surface area contributed by atoms with Crippen LogP contribution >= 0.6 is 11.8 Å². The summed E-state index contributed by atoms with van der Waals surface area (Å²) >= 11 is 1.47. The van der Waals surface area contributed by atoms with Crippen LogP contribution in [-0.2, 0) is 56.0 Å². The summed E-state index contributed by atoms with van der Waals surface area (Å²) in [5.41, 5.74) is 1.43. The first-order chi connectivity index (χ1) is 35.8. The number of rotatable bonds is 14. The van der Waals surface area contributed by atoms with E-state index in [4.69, 9.17) is 0 Å². The van der Waals surface area contributed by atoms with E-state index in [9.17, 15) is 43.2 Å². The largest absolute Gasteiger partial charge is 0.343 e. The predicted molar refractivity (Wildman–Crippen MR) is 289 cm³/mol. The Morgan fingerprint density at radius 2 is 0.920 bits per heavy atom. The summed E-state index contributed by atoms with van der Waals surface area (Å²) in [6, 6.07) is 8.17. The van der Waals surface area contributed by atoms with Crippen LogP contribution in [0.1, 0.15) is 118 Å². The van der Waals surface area contributed by atoms with Crippen molar-refractivity contribution in [3.05, 3.63) is 71.8 Å². The minimum absolute atomic E-state index is 0.0206. The first-order valence-corrected chi connectivity index (χ1v) is 28.5. The van der Waals surface area contributed by atoms with E-state index in [1.807, 2.05) is 89.4 Å². The number of amides is 9. The zero-order valence-electron chi connectivity index (χ0n) is 45.4. The molecule has 5 rings (SSSR count). The van der Waals surface area contributed by atoms with Gasteiger partial charge >= 0.3 is 0 Å². The van der Waals surface area contributed by atoms with Gasteiger partial charge in [0.15, 0.2) is 0 Å². The molecule has 3 aliphatic heterocycles. The van der Waals surface area contributed by atoms with Gasteiger partial charge in [-0.3, -0.25) is 43.2 Å². The molecular formula is C56H83N9O9S.